The van der Waals surface area contributed by atoms with Gasteiger partial charge in [0.2, 0.25) is 5.91 Å². The van der Waals surface area contributed by atoms with Gasteiger partial charge in [0.15, 0.2) is 0 Å². The molecule has 2 aromatic rings. The largest absolute Gasteiger partial charge is 0.341 e. The quantitative estimate of drug-likeness (QED) is 0.854. The SMILES string of the molecule is O=C(Cn1c(=O)cnc2ccccc21)N1CCCCCCC1. The lowest BCUT2D eigenvalue weighted by Gasteiger charge is -2.25. The van der Waals surface area contributed by atoms with E-state index in [1.54, 1.807) is 0 Å². The van der Waals surface area contributed by atoms with Crippen LogP contribution < -0.4 is 5.56 Å². The molecule has 0 aliphatic carbocycles. The summed E-state index contributed by atoms with van der Waals surface area (Å²) < 4.78 is 1.53. The van der Waals surface area contributed by atoms with Crippen LogP contribution in [0, 0.1) is 0 Å². The monoisotopic (exact) mass is 299 g/mol. The van der Waals surface area contributed by atoms with Gasteiger partial charge in [-0.15, -0.1) is 0 Å². The maximum atomic E-state index is 12.6. The van der Waals surface area contributed by atoms with Gasteiger partial charge in [-0.05, 0) is 25.0 Å². The average Bonchev–Trinajstić information content (AvgIpc) is 2.49. The predicted octanol–water partition coefficient (Wildman–Crippen LogP) is 2.19. The van der Waals surface area contributed by atoms with Gasteiger partial charge < -0.3 is 4.90 Å². The summed E-state index contributed by atoms with van der Waals surface area (Å²) in [5.41, 5.74) is 1.23. The normalized spacial score (nSPS) is 16.3. The fraction of sp³-hybridized carbons (Fsp3) is 0.471. The van der Waals surface area contributed by atoms with Crippen molar-refractivity contribution >= 4 is 16.9 Å². The maximum absolute atomic E-state index is 12.6. The Labute approximate surface area is 129 Å². The fourth-order valence-electron chi connectivity index (χ4n) is 3.01. The summed E-state index contributed by atoms with van der Waals surface area (Å²) in [6.07, 6.45) is 7.03. The maximum Gasteiger partial charge on any atom is 0.269 e. The first-order valence-corrected chi connectivity index (χ1v) is 7.98. The molecule has 0 saturated carbocycles. The van der Waals surface area contributed by atoms with Crippen molar-refractivity contribution in [2.24, 2.45) is 0 Å². The molecule has 5 heteroatoms. The van der Waals surface area contributed by atoms with Crippen LogP contribution in [-0.4, -0.2) is 33.4 Å². The Morgan fingerprint density at radius 1 is 1.05 bits per heavy atom. The van der Waals surface area contributed by atoms with E-state index in [-0.39, 0.29) is 18.0 Å². The van der Waals surface area contributed by atoms with Gasteiger partial charge in [0.25, 0.3) is 5.56 Å². The number of likely N-dealkylation sites (tertiary alicyclic amines) is 1. The molecule has 1 saturated heterocycles. The molecular weight excluding hydrogens is 278 g/mol. The number of carbonyl (C=O) groups is 1. The Bertz CT molecular complexity index is 715. The van der Waals surface area contributed by atoms with Gasteiger partial charge in [-0.2, -0.15) is 0 Å². The third-order valence-electron chi connectivity index (χ3n) is 4.25. The van der Waals surface area contributed by atoms with Crippen LogP contribution in [-0.2, 0) is 11.3 Å². The predicted molar refractivity (Wildman–Crippen MR) is 85.7 cm³/mol. The van der Waals surface area contributed by atoms with E-state index in [4.69, 9.17) is 0 Å². The van der Waals surface area contributed by atoms with Crippen molar-refractivity contribution in [2.75, 3.05) is 13.1 Å². The minimum atomic E-state index is -0.223. The number of fused-ring (bicyclic) bond motifs is 1. The Balaban J connectivity index is 1.84. The summed E-state index contributed by atoms with van der Waals surface area (Å²) in [6, 6.07) is 7.43. The van der Waals surface area contributed by atoms with Gasteiger partial charge in [-0.25, -0.2) is 4.98 Å². The van der Waals surface area contributed by atoms with Crippen LogP contribution >= 0.6 is 0 Å². The van der Waals surface area contributed by atoms with Crippen molar-refractivity contribution < 1.29 is 4.79 Å². The van der Waals surface area contributed by atoms with Crippen LogP contribution in [0.2, 0.25) is 0 Å². The van der Waals surface area contributed by atoms with Gasteiger partial charge >= 0.3 is 0 Å². The second-order valence-electron chi connectivity index (χ2n) is 5.82. The Hall–Kier alpha value is -2.17. The molecule has 0 atom stereocenters. The third-order valence-corrected chi connectivity index (χ3v) is 4.25. The lowest BCUT2D eigenvalue weighted by Crippen LogP contribution is -2.38. The summed E-state index contributed by atoms with van der Waals surface area (Å²) >= 11 is 0. The van der Waals surface area contributed by atoms with E-state index >= 15 is 0 Å². The van der Waals surface area contributed by atoms with Gasteiger partial charge in [0.05, 0.1) is 17.2 Å². The highest BCUT2D eigenvalue weighted by Gasteiger charge is 2.16. The average molecular weight is 299 g/mol. The molecule has 116 valence electrons. The zero-order valence-electron chi connectivity index (χ0n) is 12.7. The third kappa shape index (κ3) is 3.18. The molecule has 1 aromatic carbocycles. The lowest BCUT2D eigenvalue weighted by atomic mass is 10.1. The lowest BCUT2D eigenvalue weighted by molar-refractivity contribution is -0.132. The number of para-hydroxylation sites is 2. The van der Waals surface area contributed by atoms with Gasteiger partial charge in [-0.3, -0.25) is 14.2 Å². The Morgan fingerprint density at radius 3 is 2.50 bits per heavy atom. The minimum absolute atomic E-state index is 0.0281. The number of aromatic nitrogens is 2. The van der Waals surface area contributed by atoms with Crippen LogP contribution in [0.5, 0.6) is 0 Å². The molecule has 5 nitrogen and oxygen atoms in total. The Kier molecular flexibility index (Phi) is 4.51. The molecule has 1 fully saturated rings. The first-order valence-electron chi connectivity index (χ1n) is 7.98. The molecule has 0 radical (unpaired) electrons. The standard InChI is InChI=1S/C17H21N3O2/c21-16-12-18-14-8-4-5-9-15(14)20(16)13-17(22)19-10-6-2-1-3-7-11-19/h4-5,8-9,12H,1-3,6-7,10-11,13H2. The van der Waals surface area contributed by atoms with E-state index in [0.717, 1.165) is 37.0 Å². The number of hydrogen-bond donors (Lipinski definition) is 0. The summed E-state index contributed by atoms with van der Waals surface area (Å²) in [5, 5.41) is 0. The van der Waals surface area contributed by atoms with Crippen molar-refractivity contribution in [2.45, 2.75) is 38.6 Å². The van der Waals surface area contributed by atoms with Gasteiger partial charge in [-0.1, -0.05) is 31.4 Å². The van der Waals surface area contributed by atoms with E-state index in [2.05, 4.69) is 4.98 Å². The molecule has 1 aromatic heterocycles. The van der Waals surface area contributed by atoms with Crippen molar-refractivity contribution in [3.05, 3.63) is 40.8 Å². The van der Waals surface area contributed by atoms with Crippen LogP contribution in [0.25, 0.3) is 11.0 Å². The summed E-state index contributed by atoms with van der Waals surface area (Å²) in [7, 11) is 0. The second-order valence-corrected chi connectivity index (χ2v) is 5.82. The fourth-order valence-corrected chi connectivity index (χ4v) is 3.01. The van der Waals surface area contributed by atoms with Crippen molar-refractivity contribution in [3.63, 3.8) is 0 Å². The number of carbonyl (C=O) groups excluding carboxylic acids is 1. The van der Waals surface area contributed by atoms with Crippen LogP contribution in [0.3, 0.4) is 0 Å². The highest BCUT2D eigenvalue weighted by atomic mass is 16.2. The van der Waals surface area contributed by atoms with Gasteiger partial charge in [0.1, 0.15) is 6.54 Å². The summed E-state index contributed by atoms with van der Waals surface area (Å²) in [4.78, 5) is 30.7. The molecule has 0 spiro atoms. The minimum Gasteiger partial charge on any atom is -0.341 e. The van der Waals surface area contributed by atoms with Crippen molar-refractivity contribution in [1.82, 2.24) is 14.5 Å². The number of amides is 1. The smallest absolute Gasteiger partial charge is 0.269 e. The van der Waals surface area contributed by atoms with E-state index in [0.29, 0.717) is 0 Å². The Morgan fingerprint density at radius 2 is 1.73 bits per heavy atom. The zero-order chi connectivity index (χ0) is 15.4. The molecule has 0 unspecified atom stereocenters. The molecule has 1 aliphatic rings. The van der Waals surface area contributed by atoms with Crippen LogP contribution in [0.4, 0.5) is 0 Å². The molecule has 3 rings (SSSR count). The van der Waals surface area contributed by atoms with Crippen LogP contribution in [0.15, 0.2) is 35.3 Å². The summed E-state index contributed by atoms with van der Waals surface area (Å²) in [5.74, 6) is 0.0281. The van der Waals surface area contributed by atoms with Crippen LogP contribution in [0.1, 0.15) is 32.1 Å². The summed E-state index contributed by atoms with van der Waals surface area (Å²) in [6.45, 7) is 1.70. The zero-order valence-corrected chi connectivity index (χ0v) is 12.7. The van der Waals surface area contributed by atoms with E-state index in [9.17, 15) is 9.59 Å². The van der Waals surface area contributed by atoms with Crippen molar-refractivity contribution in [3.8, 4) is 0 Å². The molecule has 22 heavy (non-hydrogen) atoms. The topological polar surface area (TPSA) is 55.2 Å². The number of rotatable bonds is 2. The number of hydrogen-bond acceptors (Lipinski definition) is 3. The molecule has 2 heterocycles. The van der Waals surface area contributed by atoms with Gasteiger partial charge in [0, 0.05) is 13.1 Å². The molecule has 1 amide bonds. The first-order chi connectivity index (χ1) is 10.8. The van der Waals surface area contributed by atoms with Crippen molar-refractivity contribution in [1.29, 1.82) is 0 Å². The first kappa shape index (κ1) is 14.8. The molecule has 0 N–H and O–H groups in total. The van der Waals surface area contributed by atoms with E-state index in [1.165, 1.54) is 30.0 Å². The van der Waals surface area contributed by atoms with E-state index < -0.39 is 0 Å². The highest BCUT2D eigenvalue weighted by molar-refractivity contribution is 5.80. The molecular formula is C17H21N3O2. The number of benzene rings is 1. The highest BCUT2D eigenvalue weighted by Crippen LogP contribution is 2.12. The molecule has 0 bridgehead atoms. The molecule has 1 aliphatic heterocycles. The second kappa shape index (κ2) is 6.73. The number of nitrogens with zero attached hydrogens (tertiary/aromatic N) is 3. The van der Waals surface area contributed by atoms with E-state index in [1.807, 2.05) is 29.2 Å².